The molecule has 0 radical (unpaired) electrons. The first-order chi connectivity index (χ1) is 9.77. The summed E-state index contributed by atoms with van der Waals surface area (Å²) in [5, 5.41) is 4.39. The topological polar surface area (TPSA) is 12.0 Å². The molecule has 2 heteroatoms. The number of aryl methyl sites for hydroxylation is 1. The average Bonchev–Trinajstić information content (AvgIpc) is 2.48. The Hall–Kier alpha value is -1.31. The van der Waals surface area contributed by atoms with Crippen LogP contribution < -0.4 is 5.32 Å². The van der Waals surface area contributed by atoms with E-state index in [0.717, 1.165) is 18.0 Å². The molecule has 2 aromatic carbocycles. The third-order valence-electron chi connectivity index (χ3n) is 3.56. The number of halogens is 1. The first-order valence-electron chi connectivity index (χ1n) is 7.29. The van der Waals surface area contributed by atoms with Crippen LogP contribution in [0.1, 0.15) is 36.9 Å². The summed E-state index contributed by atoms with van der Waals surface area (Å²) in [4.78, 5) is 0. The molecular formula is C18H22ClN. The second-order valence-corrected chi connectivity index (χ2v) is 5.55. The van der Waals surface area contributed by atoms with Crippen molar-refractivity contribution in [2.45, 2.75) is 32.2 Å². The van der Waals surface area contributed by atoms with Crippen molar-refractivity contribution in [2.75, 3.05) is 6.54 Å². The third-order valence-corrected chi connectivity index (χ3v) is 3.90. The van der Waals surface area contributed by atoms with Gasteiger partial charge in [0.25, 0.3) is 0 Å². The Morgan fingerprint density at radius 3 is 2.40 bits per heavy atom. The lowest BCUT2D eigenvalue weighted by atomic mass is 10.1. The van der Waals surface area contributed by atoms with Crippen molar-refractivity contribution in [3.8, 4) is 0 Å². The fourth-order valence-electron chi connectivity index (χ4n) is 2.35. The van der Waals surface area contributed by atoms with Crippen LogP contribution >= 0.6 is 11.6 Å². The van der Waals surface area contributed by atoms with Crippen LogP contribution in [0.15, 0.2) is 54.6 Å². The first kappa shape index (κ1) is 15.1. The predicted octanol–water partition coefficient (Wildman–Crippen LogP) is 5.01. The lowest BCUT2D eigenvalue weighted by molar-refractivity contribution is 0.546. The highest BCUT2D eigenvalue weighted by atomic mass is 35.5. The minimum absolute atomic E-state index is 0.306. The maximum absolute atomic E-state index is 6.20. The number of hydrogen-bond acceptors (Lipinski definition) is 1. The predicted molar refractivity (Wildman–Crippen MR) is 87.2 cm³/mol. The minimum atomic E-state index is 0.306. The number of nitrogens with one attached hydrogen (secondary N) is 1. The molecule has 0 amide bonds. The van der Waals surface area contributed by atoms with E-state index in [1.165, 1.54) is 24.0 Å². The molecule has 1 nitrogen and oxygen atoms in total. The summed E-state index contributed by atoms with van der Waals surface area (Å²) in [6, 6.07) is 19.0. The van der Waals surface area contributed by atoms with Crippen LogP contribution in [-0.4, -0.2) is 6.54 Å². The second kappa shape index (κ2) is 8.08. The molecule has 1 N–H and O–H groups in total. The monoisotopic (exact) mass is 287 g/mol. The Kier molecular flexibility index (Phi) is 6.10. The number of hydrogen-bond donors (Lipinski definition) is 1. The van der Waals surface area contributed by atoms with Gasteiger partial charge in [-0.05, 0) is 49.9 Å². The van der Waals surface area contributed by atoms with E-state index in [1.807, 2.05) is 18.2 Å². The van der Waals surface area contributed by atoms with Gasteiger partial charge < -0.3 is 5.32 Å². The molecule has 0 fully saturated rings. The molecule has 0 unspecified atom stereocenters. The van der Waals surface area contributed by atoms with E-state index in [4.69, 9.17) is 11.6 Å². The van der Waals surface area contributed by atoms with Crippen LogP contribution in [0.4, 0.5) is 0 Å². The van der Waals surface area contributed by atoms with Gasteiger partial charge in [-0.25, -0.2) is 0 Å². The zero-order valence-electron chi connectivity index (χ0n) is 12.0. The molecule has 1 atom stereocenters. The van der Waals surface area contributed by atoms with E-state index >= 15 is 0 Å². The van der Waals surface area contributed by atoms with Crippen molar-refractivity contribution in [3.05, 3.63) is 70.7 Å². The Morgan fingerprint density at radius 1 is 0.950 bits per heavy atom. The number of rotatable bonds is 7. The van der Waals surface area contributed by atoms with Crippen LogP contribution in [0.2, 0.25) is 5.02 Å². The molecule has 0 saturated heterocycles. The van der Waals surface area contributed by atoms with Crippen LogP contribution in [-0.2, 0) is 6.42 Å². The fourth-order valence-corrected chi connectivity index (χ4v) is 2.65. The number of benzene rings is 2. The summed E-state index contributed by atoms with van der Waals surface area (Å²) in [5.74, 6) is 0. The maximum atomic E-state index is 6.20. The van der Waals surface area contributed by atoms with Crippen molar-refractivity contribution in [3.63, 3.8) is 0 Å². The van der Waals surface area contributed by atoms with E-state index in [9.17, 15) is 0 Å². The number of unbranched alkanes of at least 4 members (excludes halogenated alkanes) is 1. The maximum Gasteiger partial charge on any atom is 0.0453 e. The molecule has 106 valence electrons. The van der Waals surface area contributed by atoms with Gasteiger partial charge in [-0.15, -0.1) is 0 Å². The van der Waals surface area contributed by atoms with Crippen LogP contribution in [0.3, 0.4) is 0 Å². The largest absolute Gasteiger partial charge is 0.310 e. The molecule has 0 bridgehead atoms. The zero-order valence-corrected chi connectivity index (χ0v) is 12.7. The molecular weight excluding hydrogens is 266 g/mol. The lowest BCUT2D eigenvalue weighted by Gasteiger charge is -2.15. The average molecular weight is 288 g/mol. The molecule has 0 aliphatic heterocycles. The van der Waals surface area contributed by atoms with Crippen molar-refractivity contribution < 1.29 is 0 Å². The highest BCUT2D eigenvalue weighted by Crippen LogP contribution is 2.21. The zero-order chi connectivity index (χ0) is 14.2. The van der Waals surface area contributed by atoms with Gasteiger partial charge >= 0.3 is 0 Å². The Bertz CT molecular complexity index is 510. The standard InChI is InChI=1S/C18H22ClN/c1-15(17-12-5-6-13-18(17)19)20-14-8-7-11-16-9-3-2-4-10-16/h2-6,9-10,12-13,15,20H,7-8,11,14H2,1H3/t15-/m0/s1. The molecule has 0 aromatic heterocycles. The molecule has 0 heterocycles. The van der Waals surface area contributed by atoms with Gasteiger partial charge in [-0.1, -0.05) is 60.1 Å². The summed E-state index contributed by atoms with van der Waals surface area (Å²) in [5.41, 5.74) is 2.60. The molecule has 2 rings (SSSR count). The van der Waals surface area contributed by atoms with E-state index in [2.05, 4.69) is 48.6 Å². The fraction of sp³-hybridized carbons (Fsp3) is 0.333. The third kappa shape index (κ3) is 4.66. The lowest BCUT2D eigenvalue weighted by Crippen LogP contribution is -2.20. The van der Waals surface area contributed by atoms with Crippen LogP contribution in [0.25, 0.3) is 0 Å². The quantitative estimate of drug-likeness (QED) is 0.706. The summed E-state index contributed by atoms with van der Waals surface area (Å²) in [6.07, 6.45) is 3.55. The second-order valence-electron chi connectivity index (χ2n) is 5.14. The van der Waals surface area contributed by atoms with Gasteiger partial charge in [0.2, 0.25) is 0 Å². The molecule has 0 aliphatic rings. The SMILES string of the molecule is C[C@H](NCCCCc1ccccc1)c1ccccc1Cl. The summed E-state index contributed by atoms with van der Waals surface area (Å²) in [7, 11) is 0. The Labute approximate surface area is 127 Å². The smallest absolute Gasteiger partial charge is 0.0453 e. The van der Waals surface area contributed by atoms with E-state index < -0.39 is 0 Å². The molecule has 0 aliphatic carbocycles. The Balaban J connectivity index is 1.67. The highest BCUT2D eigenvalue weighted by molar-refractivity contribution is 6.31. The summed E-state index contributed by atoms with van der Waals surface area (Å²) in [6.45, 7) is 3.19. The Morgan fingerprint density at radius 2 is 1.65 bits per heavy atom. The van der Waals surface area contributed by atoms with Gasteiger partial charge in [-0.2, -0.15) is 0 Å². The summed E-state index contributed by atoms with van der Waals surface area (Å²) >= 11 is 6.20. The van der Waals surface area contributed by atoms with Gasteiger partial charge in [0.15, 0.2) is 0 Å². The van der Waals surface area contributed by atoms with E-state index in [-0.39, 0.29) is 0 Å². The van der Waals surface area contributed by atoms with Crippen molar-refractivity contribution in [2.24, 2.45) is 0 Å². The first-order valence-corrected chi connectivity index (χ1v) is 7.67. The van der Waals surface area contributed by atoms with E-state index in [0.29, 0.717) is 6.04 Å². The van der Waals surface area contributed by atoms with Gasteiger partial charge in [0.1, 0.15) is 0 Å². The molecule has 20 heavy (non-hydrogen) atoms. The molecule has 0 saturated carbocycles. The van der Waals surface area contributed by atoms with Crippen molar-refractivity contribution in [1.82, 2.24) is 5.32 Å². The van der Waals surface area contributed by atoms with Crippen LogP contribution in [0, 0.1) is 0 Å². The normalized spacial score (nSPS) is 12.3. The highest BCUT2D eigenvalue weighted by Gasteiger charge is 2.07. The van der Waals surface area contributed by atoms with Gasteiger partial charge in [0, 0.05) is 11.1 Å². The van der Waals surface area contributed by atoms with Crippen molar-refractivity contribution in [1.29, 1.82) is 0 Å². The van der Waals surface area contributed by atoms with E-state index in [1.54, 1.807) is 0 Å². The molecule has 0 spiro atoms. The van der Waals surface area contributed by atoms with Crippen LogP contribution in [0.5, 0.6) is 0 Å². The minimum Gasteiger partial charge on any atom is -0.310 e. The molecule has 2 aromatic rings. The van der Waals surface area contributed by atoms with Crippen molar-refractivity contribution >= 4 is 11.6 Å². The van der Waals surface area contributed by atoms with Gasteiger partial charge in [-0.3, -0.25) is 0 Å². The van der Waals surface area contributed by atoms with Gasteiger partial charge in [0.05, 0.1) is 0 Å². The summed E-state index contributed by atoms with van der Waals surface area (Å²) < 4.78 is 0.